The van der Waals surface area contributed by atoms with Gasteiger partial charge in [0.15, 0.2) is 5.79 Å². The van der Waals surface area contributed by atoms with Crippen LogP contribution in [0.5, 0.6) is 0 Å². The molecule has 0 aromatic heterocycles. The quantitative estimate of drug-likeness (QED) is 0.225. The van der Waals surface area contributed by atoms with Gasteiger partial charge in [-0.3, -0.25) is 0 Å². The topological polar surface area (TPSA) is 49.5 Å². The zero-order valence-corrected chi connectivity index (χ0v) is 15.4. The average Bonchev–Trinajstić information content (AvgIpc) is 3.27. The second-order valence-electron chi connectivity index (χ2n) is 6.07. The van der Waals surface area contributed by atoms with Gasteiger partial charge in [-0.1, -0.05) is 13.1 Å². The third-order valence-corrected chi connectivity index (χ3v) is 5.15. The van der Waals surface area contributed by atoms with Crippen molar-refractivity contribution in [2.45, 2.75) is 56.9 Å². The maximum Gasteiger partial charge on any atom is 0.191 e. The maximum absolute atomic E-state index is 5.92. The number of methoxy groups -OCH3 is 2. The van der Waals surface area contributed by atoms with E-state index in [4.69, 9.17) is 23.7 Å². The Hall–Kier alpha value is 0.0169. The first-order valence-corrected chi connectivity index (χ1v) is 11.1. The van der Waals surface area contributed by atoms with Crippen molar-refractivity contribution >= 4 is 8.80 Å². The van der Waals surface area contributed by atoms with Gasteiger partial charge in [-0.15, -0.1) is 0 Å². The van der Waals surface area contributed by atoms with Gasteiger partial charge in [0.25, 0.3) is 0 Å². The molecule has 2 unspecified atom stereocenters. The molecule has 0 bridgehead atoms. The van der Waals surface area contributed by atoms with Crippen LogP contribution in [0, 0.1) is 0 Å². The number of hydrogen-bond acceptors (Lipinski definition) is 5. The van der Waals surface area contributed by atoms with E-state index in [1.54, 1.807) is 14.2 Å². The molecule has 1 fully saturated rings. The Balaban J connectivity index is 2.14. The summed E-state index contributed by atoms with van der Waals surface area (Å²) in [5, 5.41) is 0. The minimum atomic E-state index is -0.809. The summed E-state index contributed by atoms with van der Waals surface area (Å²) in [5.41, 5.74) is 0. The number of epoxide rings is 1. The Kier molecular flexibility index (Phi) is 9.00. The fourth-order valence-electron chi connectivity index (χ4n) is 2.39. The van der Waals surface area contributed by atoms with E-state index in [2.05, 4.69) is 13.1 Å². The van der Waals surface area contributed by atoms with Crippen molar-refractivity contribution < 1.29 is 23.7 Å². The molecule has 0 aromatic carbocycles. The SMILES string of the molecule is COC(C[SiH](C)C)(OC)C(C)OCCCCOCC1CO1. The average molecular weight is 321 g/mol. The number of rotatable bonds is 13. The van der Waals surface area contributed by atoms with Gasteiger partial charge in [0.1, 0.15) is 12.2 Å². The fourth-order valence-corrected chi connectivity index (χ4v) is 4.19. The number of unbranched alkanes of at least 4 members (excludes halogenated alkanes) is 1. The second-order valence-corrected chi connectivity index (χ2v) is 9.26. The van der Waals surface area contributed by atoms with Crippen LogP contribution in [0.2, 0.25) is 19.1 Å². The smallest absolute Gasteiger partial charge is 0.191 e. The van der Waals surface area contributed by atoms with E-state index in [1.165, 1.54) is 0 Å². The van der Waals surface area contributed by atoms with Gasteiger partial charge < -0.3 is 23.7 Å². The molecule has 1 aliphatic rings. The van der Waals surface area contributed by atoms with Crippen molar-refractivity contribution in [1.82, 2.24) is 0 Å². The van der Waals surface area contributed by atoms with E-state index in [0.29, 0.717) is 12.7 Å². The fraction of sp³-hybridized carbons (Fsp3) is 1.00. The van der Waals surface area contributed by atoms with Crippen LogP contribution < -0.4 is 0 Å². The molecular weight excluding hydrogens is 288 g/mol. The van der Waals surface area contributed by atoms with Gasteiger partial charge >= 0.3 is 0 Å². The molecule has 1 aliphatic heterocycles. The van der Waals surface area contributed by atoms with Crippen molar-refractivity contribution in [3.63, 3.8) is 0 Å². The van der Waals surface area contributed by atoms with Crippen molar-refractivity contribution in [2.75, 3.05) is 40.6 Å². The van der Waals surface area contributed by atoms with Gasteiger partial charge in [0, 0.05) is 36.2 Å². The molecule has 1 heterocycles. The normalized spacial score (nSPS) is 20.0. The zero-order chi connectivity index (χ0) is 15.7. The predicted molar refractivity (Wildman–Crippen MR) is 85.6 cm³/mol. The van der Waals surface area contributed by atoms with Crippen LogP contribution in [-0.4, -0.2) is 67.4 Å². The number of hydrogen-bond donors (Lipinski definition) is 0. The van der Waals surface area contributed by atoms with Crippen LogP contribution in [-0.2, 0) is 23.7 Å². The monoisotopic (exact) mass is 320 g/mol. The van der Waals surface area contributed by atoms with Crippen molar-refractivity contribution in [3.05, 3.63) is 0 Å². The largest absolute Gasteiger partial charge is 0.379 e. The molecule has 2 atom stereocenters. The summed E-state index contributed by atoms with van der Waals surface area (Å²) in [5.74, 6) is -0.597. The van der Waals surface area contributed by atoms with E-state index in [-0.39, 0.29) is 6.10 Å². The van der Waals surface area contributed by atoms with Gasteiger partial charge in [-0.05, 0) is 25.8 Å². The summed E-state index contributed by atoms with van der Waals surface area (Å²) in [6.07, 6.45) is 2.28. The Labute approximate surface area is 130 Å². The van der Waals surface area contributed by atoms with E-state index in [1.807, 2.05) is 6.92 Å². The summed E-state index contributed by atoms with van der Waals surface area (Å²) in [4.78, 5) is 0. The van der Waals surface area contributed by atoms with Crippen LogP contribution in [0.15, 0.2) is 0 Å². The van der Waals surface area contributed by atoms with E-state index in [9.17, 15) is 0 Å². The molecule has 21 heavy (non-hydrogen) atoms. The summed E-state index contributed by atoms with van der Waals surface area (Å²) in [6.45, 7) is 9.68. The molecule has 0 spiro atoms. The summed E-state index contributed by atoms with van der Waals surface area (Å²) >= 11 is 0. The Morgan fingerprint density at radius 2 is 1.81 bits per heavy atom. The number of ether oxygens (including phenoxy) is 5. The van der Waals surface area contributed by atoms with Crippen LogP contribution in [0.1, 0.15) is 19.8 Å². The van der Waals surface area contributed by atoms with Crippen molar-refractivity contribution in [3.8, 4) is 0 Å². The summed E-state index contributed by atoms with van der Waals surface area (Å²) in [6, 6.07) is 0.950. The third-order valence-electron chi connectivity index (χ3n) is 3.76. The van der Waals surface area contributed by atoms with E-state index in [0.717, 1.165) is 38.7 Å². The van der Waals surface area contributed by atoms with E-state index >= 15 is 0 Å². The Morgan fingerprint density at radius 3 is 2.33 bits per heavy atom. The lowest BCUT2D eigenvalue weighted by atomic mass is 10.2. The minimum Gasteiger partial charge on any atom is -0.379 e. The van der Waals surface area contributed by atoms with E-state index < -0.39 is 14.6 Å². The molecule has 0 N–H and O–H groups in total. The molecule has 0 radical (unpaired) electrons. The third kappa shape index (κ3) is 7.21. The van der Waals surface area contributed by atoms with Crippen LogP contribution in [0.25, 0.3) is 0 Å². The zero-order valence-electron chi connectivity index (χ0n) is 14.2. The molecule has 1 saturated heterocycles. The first-order valence-electron chi connectivity index (χ1n) is 7.95. The molecule has 0 amide bonds. The van der Waals surface area contributed by atoms with Crippen LogP contribution in [0.3, 0.4) is 0 Å². The Bertz CT molecular complexity index is 267. The van der Waals surface area contributed by atoms with Crippen molar-refractivity contribution in [2.24, 2.45) is 0 Å². The summed E-state index contributed by atoms with van der Waals surface area (Å²) < 4.78 is 27.8. The lowest BCUT2D eigenvalue weighted by Gasteiger charge is -2.37. The maximum atomic E-state index is 5.92. The minimum absolute atomic E-state index is 0.0665. The molecule has 5 nitrogen and oxygen atoms in total. The first-order chi connectivity index (χ1) is 10.0. The summed E-state index contributed by atoms with van der Waals surface area (Å²) in [7, 11) is 2.60. The van der Waals surface area contributed by atoms with Crippen LogP contribution in [0.4, 0.5) is 0 Å². The van der Waals surface area contributed by atoms with Gasteiger partial charge in [0.2, 0.25) is 0 Å². The molecule has 0 aliphatic carbocycles. The molecule has 1 rings (SSSR count). The Morgan fingerprint density at radius 1 is 1.19 bits per heavy atom. The molecular formula is C15H32O5Si. The highest BCUT2D eigenvalue weighted by Gasteiger charge is 2.38. The predicted octanol–water partition coefficient (Wildman–Crippen LogP) is 2.06. The van der Waals surface area contributed by atoms with Crippen LogP contribution >= 0.6 is 0 Å². The molecule has 6 heteroatoms. The highest BCUT2D eigenvalue weighted by molar-refractivity contribution is 6.56. The van der Waals surface area contributed by atoms with Gasteiger partial charge in [-0.2, -0.15) is 0 Å². The lowest BCUT2D eigenvalue weighted by Crippen LogP contribution is -2.47. The van der Waals surface area contributed by atoms with Crippen molar-refractivity contribution in [1.29, 1.82) is 0 Å². The van der Waals surface area contributed by atoms with Gasteiger partial charge in [-0.25, -0.2) is 0 Å². The highest BCUT2D eigenvalue weighted by atomic mass is 28.3. The first kappa shape index (κ1) is 19.1. The standard InChI is InChI=1S/C15H32O5Si/c1-13(15(16-2,17-3)12-21(4)5)19-9-7-6-8-18-10-14-11-20-14/h13-14,21H,6-12H2,1-5H3. The lowest BCUT2D eigenvalue weighted by molar-refractivity contribution is -0.253. The highest BCUT2D eigenvalue weighted by Crippen LogP contribution is 2.26. The second kappa shape index (κ2) is 9.92. The van der Waals surface area contributed by atoms with Gasteiger partial charge in [0.05, 0.1) is 13.2 Å². The molecule has 0 saturated carbocycles. The molecule has 126 valence electrons. The molecule has 0 aromatic rings.